The van der Waals surface area contributed by atoms with E-state index < -0.39 is 0 Å². The van der Waals surface area contributed by atoms with Gasteiger partial charge >= 0.3 is 0 Å². The molecular weight excluding hydrogens is 451 g/mol. The van der Waals surface area contributed by atoms with Gasteiger partial charge in [0.2, 0.25) is 0 Å². The lowest BCUT2D eigenvalue weighted by molar-refractivity contribution is 0.189. The third-order valence-corrected chi connectivity index (χ3v) is 6.34. The number of rotatable bonds is 5. The van der Waals surface area contributed by atoms with Crippen LogP contribution in [-0.2, 0) is 0 Å². The zero-order chi connectivity index (χ0) is 17.9. The summed E-state index contributed by atoms with van der Waals surface area (Å²) in [6.07, 6.45) is 11.3. The van der Waals surface area contributed by atoms with Gasteiger partial charge in [-0.25, -0.2) is 4.98 Å². The maximum atomic E-state index is 5.05. The predicted molar refractivity (Wildman–Crippen MR) is 121 cm³/mol. The van der Waals surface area contributed by atoms with Gasteiger partial charge in [0.05, 0.1) is 12.4 Å². The largest absolute Gasteiger partial charge is 0.357 e. The van der Waals surface area contributed by atoms with E-state index >= 15 is 0 Å². The van der Waals surface area contributed by atoms with Gasteiger partial charge in [0.15, 0.2) is 5.96 Å². The lowest BCUT2D eigenvalue weighted by Gasteiger charge is -2.39. The summed E-state index contributed by atoms with van der Waals surface area (Å²) in [6.45, 7) is 11.1. The van der Waals surface area contributed by atoms with Crippen molar-refractivity contribution in [2.24, 2.45) is 16.8 Å². The Balaban J connectivity index is 0.00000210. The molecular formula is C20H35IN6. The molecule has 0 amide bonds. The summed E-state index contributed by atoms with van der Waals surface area (Å²) in [5.74, 6) is 2.51. The van der Waals surface area contributed by atoms with Gasteiger partial charge in [0, 0.05) is 51.2 Å². The first-order valence-electron chi connectivity index (χ1n) is 10.5. The van der Waals surface area contributed by atoms with Gasteiger partial charge in [0.25, 0.3) is 0 Å². The highest BCUT2D eigenvalue weighted by molar-refractivity contribution is 14.0. The van der Waals surface area contributed by atoms with E-state index in [2.05, 4.69) is 44.7 Å². The highest BCUT2D eigenvalue weighted by atomic mass is 127. The van der Waals surface area contributed by atoms with Crippen LogP contribution in [0.1, 0.15) is 45.6 Å². The van der Waals surface area contributed by atoms with Crippen LogP contribution in [0.25, 0.3) is 0 Å². The summed E-state index contributed by atoms with van der Waals surface area (Å²) < 4.78 is 2.27. The van der Waals surface area contributed by atoms with Gasteiger partial charge in [-0.05, 0) is 51.0 Å². The van der Waals surface area contributed by atoms with Crippen LogP contribution in [0.3, 0.4) is 0 Å². The van der Waals surface area contributed by atoms with Crippen LogP contribution < -0.4 is 5.32 Å². The Morgan fingerprint density at radius 1 is 1.19 bits per heavy atom. The Bertz CT molecular complexity index is 600. The fourth-order valence-electron chi connectivity index (χ4n) is 4.52. The van der Waals surface area contributed by atoms with Gasteiger partial charge in [-0.1, -0.05) is 6.92 Å². The van der Waals surface area contributed by atoms with Gasteiger partial charge in [0.1, 0.15) is 0 Å². The van der Waals surface area contributed by atoms with Crippen molar-refractivity contribution in [2.75, 3.05) is 39.3 Å². The van der Waals surface area contributed by atoms with E-state index in [9.17, 15) is 0 Å². The lowest BCUT2D eigenvalue weighted by Crippen LogP contribution is -2.49. The fraction of sp³-hybridized carbons (Fsp3) is 0.800. The number of likely N-dealkylation sites (tertiary alicyclic amines) is 2. The van der Waals surface area contributed by atoms with Crippen LogP contribution in [0.4, 0.5) is 0 Å². The second kappa shape index (κ2) is 9.58. The third kappa shape index (κ3) is 5.16. The lowest BCUT2D eigenvalue weighted by atomic mass is 9.93. The van der Waals surface area contributed by atoms with Crippen molar-refractivity contribution in [3.63, 3.8) is 0 Å². The molecule has 3 heterocycles. The van der Waals surface area contributed by atoms with Crippen molar-refractivity contribution in [3.8, 4) is 0 Å². The molecule has 2 saturated heterocycles. The van der Waals surface area contributed by atoms with Crippen molar-refractivity contribution < 1.29 is 0 Å². The molecule has 7 heteroatoms. The van der Waals surface area contributed by atoms with Crippen LogP contribution >= 0.6 is 24.0 Å². The molecule has 6 nitrogen and oxygen atoms in total. The number of aromatic nitrogens is 2. The summed E-state index contributed by atoms with van der Waals surface area (Å²) in [7, 11) is 0. The standard InChI is InChI=1S/C20H34N6.HI/c1-3-22-20(23-12-17-7-10-24(13-17)18-4-5-18)25-9-6-16(2)19(14-25)26-11-8-21-15-26;/h8,11,15-19H,3-7,9-10,12-14H2,1-2H3,(H,22,23);1H. The molecule has 1 aromatic rings. The summed E-state index contributed by atoms with van der Waals surface area (Å²) in [5.41, 5.74) is 0. The number of imidazole rings is 1. The topological polar surface area (TPSA) is 48.7 Å². The normalized spacial score (nSPS) is 29.6. The number of nitrogens with one attached hydrogen (secondary N) is 1. The number of nitrogens with zero attached hydrogens (tertiary/aromatic N) is 5. The van der Waals surface area contributed by atoms with Crippen molar-refractivity contribution in [3.05, 3.63) is 18.7 Å². The minimum absolute atomic E-state index is 0. The minimum Gasteiger partial charge on any atom is -0.357 e. The van der Waals surface area contributed by atoms with E-state index in [0.717, 1.165) is 44.1 Å². The van der Waals surface area contributed by atoms with E-state index in [1.165, 1.54) is 38.8 Å². The van der Waals surface area contributed by atoms with E-state index in [1.54, 1.807) is 0 Å². The molecule has 27 heavy (non-hydrogen) atoms. The summed E-state index contributed by atoms with van der Waals surface area (Å²) in [6, 6.07) is 1.38. The highest BCUT2D eigenvalue weighted by Crippen LogP contribution is 2.32. The molecule has 3 aliphatic rings. The molecule has 3 unspecified atom stereocenters. The third-order valence-electron chi connectivity index (χ3n) is 6.34. The molecule has 152 valence electrons. The molecule has 0 bridgehead atoms. The average Bonchev–Trinajstić information content (AvgIpc) is 3.16. The van der Waals surface area contributed by atoms with Gasteiger partial charge in [-0.2, -0.15) is 0 Å². The molecule has 4 rings (SSSR count). The first-order chi connectivity index (χ1) is 12.7. The van der Waals surface area contributed by atoms with E-state index in [0.29, 0.717) is 12.0 Å². The van der Waals surface area contributed by atoms with E-state index in [1.807, 2.05) is 12.5 Å². The first kappa shape index (κ1) is 20.9. The molecule has 3 atom stereocenters. The zero-order valence-electron chi connectivity index (χ0n) is 16.8. The second-order valence-corrected chi connectivity index (χ2v) is 8.36. The van der Waals surface area contributed by atoms with Crippen LogP contribution in [0, 0.1) is 11.8 Å². The fourth-order valence-corrected chi connectivity index (χ4v) is 4.52. The summed E-state index contributed by atoms with van der Waals surface area (Å²) in [5, 5.41) is 3.54. The van der Waals surface area contributed by atoms with Gasteiger partial charge in [-0.3, -0.25) is 4.99 Å². The summed E-state index contributed by atoms with van der Waals surface area (Å²) >= 11 is 0. The molecule has 3 fully saturated rings. The monoisotopic (exact) mass is 486 g/mol. The van der Waals surface area contributed by atoms with Crippen molar-refractivity contribution in [1.82, 2.24) is 24.7 Å². The Hall–Kier alpha value is -0.830. The zero-order valence-corrected chi connectivity index (χ0v) is 19.1. The molecule has 1 saturated carbocycles. The van der Waals surface area contributed by atoms with Gasteiger partial charge in [-0.15, -0.1) is 24.0 Å². The van der Waals surface area contributed by atoms with E-state index in [4.69, 9.17) is 4.99 Å². The number of hydrogen-bond acceptors (Lipinski definition) is 3. The molecule has 1 aliphatic carbocycles. The SMILES string of the molecule is CCNC(=NCC1CCN(C2CC2)C1)N1CCC(C)C(n2ccnc2)C1.I. The number of aliphatic imine (C=N–C) groups is 1. The smallest absolute Gasteiger partial charge is 0.193 e. The van der Waals surface area contributed by atoms with Crippen LogP contribution in [-0.4, -0.2) is 70.6 Å². The minimum atomic E-state index is 0. The second-order valence-electron chi connectivity index (χ2n) is 8.36. The maximum Gasteiger partial charge on any atom is 0.193 e. The molecule has 0 radical (unpaired) electrons. The Morgan fingerprint density at radius 2 is 2.04 bits per heavy atom. The Labute approximate surface area is 180 Å². The van der Waals surface area contributed by atoms with Crippen molar-refractivity contribution in [2.45, 2.75) is 51.6 Å². The van der Waals surface area contributed by atoms with Crippen molar-refractivity contribution >= 4 is 29.9 Å². The number of piperidine rings is 1. The van der Waals surface area contributed by atoms with Crippen molar-refractivity contribution in [1.29, 1.82) is 0 Å². The number of hydrogen-bond donors (Lipinski definition) is 1. The molecule has 2 aliphatic heterocycles. The molecule has 0 aromatic carbocycles. The van der Waals surface area contributed by atoms with Gasteiger partial charge < -0.3 is 19.7 Å². The number of halogens is 1. The average molecular weight is 486 g/mol. The summed E-state index contributed by atoms with van der Waals surface area (Å²) in [4.78, 5) is 14.4. The molecule has 0 spiro atoms. The maximum absolute atomic E-state index is 5.05. The molecule has 1 aromatic heterocycles. The Morgan fingerprint density at radius 3 is 2.74 bits per heavy atom. The predicted octanol–water partition coefficient (Wildman–Crippen LogP) is 2.83. The van der Waals surface area contributed by atoms with Crippen LogP contribution in [0.2, 0.25) is 0 Å². The number of guanidine groups is 1. The molecule has 1 N–H and O–H groups in total. The van der Waals surface area contributed by atoms with Crippen LogP contribution in [0.15, 0.2) is 23.7 Å². The quantitative estimate of drug-likeness (QED) is 0.395. The Kier molecular flexibility index (Phi) is 7.42. The van der Waals surface area contributed by atoms with E-state index in [-0.39, 0.29) is 24.0 Å². The van der Waals surface area contributed by atoms with Crippen LogP contribution in [0.5, 0.6) is 0 Å². The first-order valence-corrected chi connectivity index (χ1v) is 10.5. The highest BCUT2D eigenvalue weighted by Gasteiger charge is 2.34.